The van der Waals surface area contributed by atoms with E-state index in [9.17, 15) is 4.79 Å². The molecule has 2 aromatic carbocycles. The van der Waals surface area contributed by atoms with Gasteiger partial charge in [-0.3, -0.25) is 0 Å². The van der Waals surface area contributed by atoms with E-state index in [0.29, 0.717) is 16.2 Å². The van der Waals surface area contributed by atoms with Crippen LogP contribution in [0.15, 0.2) is 57.7 Å². The molecule has 3 heteroatoms. The second-order valence-electron chi connectivity index (χ2n) is 4.50. The number of fused-ring (bicyclic) bond motifs is 1. The Labute approximate surface area is 115 Å². The maximum Gasteiger partial charge on any atom is 0.344 e. The van der Waals surface area contributed by atoms with Gasteiger partial charge < -0.3 is 4.42 Å². The number of halogens is 1. The van der Waals surface area contributed by atoms with Crippen molar-refractivity contribution in [1.29, 1.82) is 0 Å². The Morgan fingerprint density at radius 2 is 1.74 bits per heavy atom. The van der Waals surface area contributed by atoms with Crippen molar-refractivity contribution in [2.45, 2.75) is 6.92 Å². The summed E-state index contributed by atoms with van der Waals surface area (Å²) in [5.74, 6) is 0. The van der Waals surface area contributed by atoms with Crippen molar-refractivity contribution in [3.05, 3.63) is 69.5 Å². The van der Waals surface area contributed by atoms with Crippen LogP contribution < -0.4 is 5.63 Å². The van der Waals surface area contributed by atoms with Crippen molar-refractivity contribution in [2.24, 2.45) is 0 Å². The SMILES string of the molecule is Cc1ccc2oc(=O)c(-c3ccc(Cl)cc3)cc2c1. The van der Waals surface area contributed by atoms with E-state index in [1.54, 1.807) is 12.1 Å². The normalized spacial score (nSPS) is 10.8. The van der Waals surface area contributed by atoms with Gasteiger partial charge in [0.2, 0.25) is 0 Å². The molecule has 1 heterocycles. The van der Waals surface area contributed by atoms with Crippen LogP contribution >= 0.6 is 11.6 Å². The zero-order chi connectivity index (χ0) is 13.4. The lowest BCUT2D eigenvalue weighted by molar-refractivity contribution is 0.563. The highest BCUT2D eigenvalue weighted by Crippen LogP contribution is 2.23. The summed E-state index contributed by atoms with van der Waals surface area (Å²) in [5, 5.41) is 1.56. The predicted molar refractivity (Wildman–Crippen MR) is 77.7 cm³/mol. The van der Waals surface area contributed by atoms with E-state index in [1.165, 1.54) is 0 Å². The van der Waals surface area contributed by atoms with Crippen LogP contribution in [0.2, 0.25) is 5.02 Å². The minimum Gasteiger partial charge on any atom is -0.422 e. The van der Waals surface area contributed by atoms with Gasteiger partial charge in [0.1, 0.15) is 5.58 Å². The van der Waals surface area contributed by atoms with Crippen LogP contribution in [0.3, 0.4) is 0 Å². The average molecular weight is 271 g/mol. The summed E-state index contributed by atoms with van der Waals surface area (Å²) in [6.45, 7) is 2.01. The lowest BCUT2D eigenvalue weighted by Crippen LogP contribution is -2.02. The van der Waals surface area contributed by atoms with Crippen molar-refractivity contribution < 1.29 is 4.42 Å². The molecule has 0 aliphatic rings. The van der Waals surface area contributed by atoms with Crippen LogP contribution in [0.5, 0.6) is 0 Å². The smallest absolute Gasteiger partial charge is 0.344 e. The zero-order valence-corrected chi connectivity index (χ0v) is 11.1. The van der Waals surface area contributed by atoms with Gasteiger partial charge >= 0.3 is 5.63 Å². The van der Waals surface area contributed by atoms with Gasteiger partial charge in [0.15, 0.2) is 0 Å². The average Bonchev–Trinajstić information content (AvgIpc) is 2.40. The molecule has 2 nitrogen and oxygen atoms in total. The van der Waals surface area contributed by atoms with Gasteiger partial charge in [-0.15, -0.1) is 0 Å². The highest BCUT2D eigenvalue weighted by molar-refractivity contribution is 6.30. The van der Waals surface area contributed by atoms with Gasteiger partial charge in [0.25, 0.3) is 0 Å². The van der Waals surface area contributed by atoms with Crippen LogP contribution in [0.1, 0.15) is 5.56 Å². The first-order valence-electron chi connectivity index (χ1n) is 5.94. The standard InChI is InChI=1S/C16H11ClO2/c1-10-2-7-15-12(8-10)9-14(16(18)19-15)11-3-5-13(17)6-4-11/h2-9H,1H3. The number of rotatable bonds is 1. The van der Waals surface area contributed by atoms with Crippen molar-refractivity contribution >= 4 is 22.6 Å². The molecule has 19 heavy (non-hydrogen) atoms. The summed E-state index contributed by atoms with van der Waals surface area (Å²) in [6.07, 6.45) is 0. The molecule has 0 atom stereocenters. The van der Waals surface area contributed by atoms with Crippen molar-refractivity contribution in [3.8, 4) is 11.1 Å². The first-order valence-corrected chi connectivity index (χ1v) is 6.32. The fraction of sp³-hybridized carbons (Fsp3) is 0.0625. The van der Waals surface area contributed by atoms with Crippen LogP contribution in [-0.2, 0) is 0 Å². The first-order chi connectivity index (χ1) is 9.13. The number of aryl methyl sites for hydroxylation is 1. The van der Waals surface area contributed by atoms with Gasteiger partial charge in [0, 0.05) is 10.4 Å². The fourth-order valence-corrected chi connectivity index (χ4v) is 2.20. The van der Waals surface area contributed by atoms with Gasteiger partial charge in [0.05, 0.1) is 5.56 Å². The highest BCUT2D eigenvalue weighted by atomic mass is 35.5. The molecule has 0 aliphatic heterocycles. The zero-order valence-electron chi connectivity index (χ0n) is 10.3. The molecule has 94 valence electrons. The summed E-state index contributed by atoms with van der Waals surface area (Å²) in [4.78, 5) is 12.0. The van der Waals surface area contributed by atoms with E-state index in [0.717, 1.165) is 16.5 Å². The molecule has 0 unspecified atom stereocenters. The van der Waals surface area contributed by atoms with Crippen molar-refractivity contribution in [1.82, 2.24) is 0 Å². The van der Waals surface area contributed by atoms with Gasteiger partial charge in [-0.25, -0.2) is 4.79 Å². The minimum absolute atomic E-state index is 0.335. The van der Waals surface area contributed by atoms with Gasteiger partial charge in [-0.2, -0.15) is 0 Å². The maximum absolute atomic E-state index is 12.0. The van der Waals surface area contributed by atoms with E-state index >= 15 is 0 Å². The molecule has 1 aromatic heterocycles. The molecule has 3 aromatic rings. The third-order valence-electron chi connectivity index (χ3n) is 3.04. The van der Waals surface area contributed by atoms with E-state index in [4.69, 9.17) is 16.0 Å². The second-order valence-corrected chi connectivity index (χ2v) is 4.93. The number of hydrogen-bond acceptors (Lipinski definition) is 2. The Bertz CT molecular complexity index is 801. The Morgan fingerprint density at radius 3 is 2.47 bits per heavy atom. The van der Waals surface area contributed by atoms with Crippen molar-refractivity contribution in [2.75, 3.05) is 0 Å². The molecule has 0 saturated carbocycles. The Hall–Kier alpha value is -2.06. The van der Waals surface area contributed by atoms with E-state index in [2.05, 4.69) is 0 Å². The number of benzene rings is 2. The molecule has 0 spiro atoms. The Morgan fingerprint density at radius 1 is 1.00 bits per heavy atom. The summed E-state index contributed by atoms with van der Waals surface area (Å²) < 4.78 is 5.34. The quantitative estimate of drug-likeness (QED) is 0.613. The van der Waals surface area contributed by atoms with Gasteiger partial charge in [-0.1, -0.05) is 35.4 Å². The first kappa shape index (κ1) is 12.0. The van der Waals surface area contributed by atoms with Crippen LogP contribution in [0, 0.1) is 6.92 Å². The molecule has 0 fully saturated rings. The summed E-state index contributed by atoms with van der Waals surface area (Å²) in [5.41, 5.74) is 2.76. The molecule has 3 rings (SSSR count). The largest absolute Gasteiger partial charge is 0.422 e. The molecular weight excluding hydrogens is 260 g/mol. The lowest BCUT2D eigenvalue weighted by atomic mass is 10.1. The fourth-order valence-electron chi connectivity index (χ4n) is 2.07. The minimum atomic E-state index is -0.335. The summed E-state index contributed by atoms with van der Waals surface area (Å²) >= 11 is 5.85. The molecule has 0 bridgehead atoms. The van der Waals surface area contributed by atoms with Crippen LogP contribution in [-0.4, -0.2) is 0 Å². The van der Waals surface area contributed by atoms with E-state index in [-0.39, 0.29) is 5.63 Å². The Balaban J connectivity index is 2.26. The highest BCUT2D eigenvalue weighted by Gasteiger charge is 2.07. The molecular formula is C16H11ClO2. The molecule has 0 saturated heterocycles. The monoisotopic (exact) mass is 270 g/mol. The third-order valence-corrected chi connectivity index (χ3v) is 3.29. The van der Waals surface area contributed by atoms with E-state index < -0.39 is 0 Å². The molecule has 0 amide bonds. The summed E-state index contributed by atoms with van der Waals surface area (Å²) in [6, 6.07) is 14.8. The third kappa shape index (κ3) is 2.27. The van der Waals surface area contributed by atoms with Crippen LogP contribution in [0.25, 0.3) is 22.1 Å². The molecule has 0 N–H and O–H groups in total. The van der Waals surface area contributed by atoms with Crippen LogP contribution in [0.4, 0.5) is 0 Å². The molecule has 0 aliphatic carbocycles. The topological polar surface area (TPSA) is 30.2 Å². The van der Waals surface area contributed by atoms with E-state index in [1.807, 2.05) is 43.3 Å². The molecule has 0 radical (unpaired) electrons. The van der Waals surface area contributed by atoms with Gasteiger partial charge in [-0.05, 0) is 42.8 Å². The maximum atomic E-state index is 12.0. The Kier molecular flexibility index (Phi) is 2.88. The predicted octanol–water partition coefficient (Wildman–Crippen LogP) is 4.42. The lowest BCUT2D eigenvalue weighted by Gasteiger charge is -2.03. The second kappa shape index (κ2) is 4.56. The van der Waals surface area contributed by atoms with Crippen molar-refractivity contribution in [3.63, 3.8) is 0 Å². The number of hydrogen-bond donors (Lipinski definition) is 0. The summed E-state index contributed by atoms with van der Waals surface area (Å²) in [7, 11) is 0.